The SMILES string of the molecule is CCNC(=O)c1cccc(CNC(=NC)NC)c1. The minimum atomic E-state index is -0.0441. The van der Waals surface area contributed by atoms with E-state index in [1.807, 2.05) is 25.1 Å². The molecule has 1 aromatic carbocycles. The molecule has 0 fully saturated rings. The molecule has 0 saturated heterocycles. The highest BCUT2D eigenvalue weighted by molar-refractivity contribution is 5.94. The van der Waals surface area contributed by atoms with Gasteiger partial charge in [-0.3, -0.25) is 9.79 Å². The van der Waals surface area contributed by atoms with Crippen LogP contribution in [0.25, 0.3) is 0 Å². The van der Waals surface area contributed by atoms with Crippen LogP contribution >= 0.6 is 0 Å². The van der Waals surface area contributed by atoms with E-state index in [1.54, 1.807) is 20.2 Å². The largest absolute Gasteiger partial charge is 0.359 e. The lowest BCUT2D eigenvalue weighted by molar-refractivity contribution is 0.0955. The third-order valence-corrected chi connectivity index (χ3v) is 2.45. The Labute approximate surface area is 108 Å². The van der Waals surface area contributed by atoms with Crippen molar-refractivity contribution in [2.45, 2.75) is 13.5 Å². The summed E-state index contributed by atoms with van der Waals surface area (Å²) >= 11 is 0. The molecule has 0 aliphatic rings. The van der Waals surface area contributed by atoms with Crippen molar-refractivity contribution in [3.63, 3.8) is 0 Å². The van der Waals surface area contributed by atoms with Gasteiger partial charge in [-0.15, -0.1) is 0 Å². The Morgan fingerprint density at radius 1 is 1.33 bits per heavy atom. The zero-order chi connectivity index (χ0) is 13.4. The molecule has 3 N–H and O–H groups in total. The number of hydrogen-bond acceptors (Lipinski definition) is 2. The van der Waals surface area contributed by atoms with Crippen LogP contribution in [-0.4, -0.2) is 32.5 Å². The molecular weight excluding hydrogens is 228 g/mol. The number of benzene rings is 1. The summed E-state index contributed by atoms with van der Waals surface area (Å²) in [4.78, 5) is 15.7. The van der Waals surface area contributed by atoms with Gasteiger partial charge in [-0.1, -0.05) is 12.1 Å². The van der Waals surface area contributed by atoms with E-state index in [0.717, 1.165) is 11.5 Å². The third kappa shape index (κ3) is 4.08. The first kappa shape index (κ1) is 14.0. The highest BCUT2D eigenvalue weighted by Crippen LogP contribution is 2.05. The van der Waals surface area contributed by atoms with E-state index >= 15 is 0 Å². The quantitative estimate of drug-likeness (QED) is 0.543. The molecule has 0 aliphatic carbocycles. The van der Waals surface area contributed by atoms with Gasteiger partial charge in [0.15, 0.2) is 5.96 Å². The maximum Gasteiger partial charge on any atom is 0.251 e. The summed E-state index contributed by atoms with van der Waals surface area (Å²) in [6.45, 7) is 3.16. The Hall–Kier alpha value is -2.04. The summed E-state index contributed by atoms with van der Waals surface area (Å²) in [5, 5.41) is 8.86. The molecule has 1 amide bonds. The Bertz CT molecular complexity index is 429. The van der Waals surface area contributed by atoms with Crippen molar-refractivity contribution < 1.29 is 4.79 Å². The Morgan fingerprint density at radius 2 is 2.11 bits per heavy atom. The number of amides is 1. The van der Waals surface area contributed by atoms with Crippen LogP contribution < -0.4 is 16.0 Å². The first-order chi connectivity index (χ1) is 8.71. The van der Waals surface area contributed by atoms with Crippen molar-refractivity contribution >= 4 is 11.9 Å². The fourth-order valence-electron chi connectivity index (χ4n) is 1.55. The molecule has 0 saturated carbocycles. The summed E-state index contributed by atoms with van der Waals surface area (Å²) in [5.74, 6) is 0.677. The van der Waals surface area contributed by atoms with E-state index in [4.69, 9.17) is 0 Å². The van der Waals surface area contributed by atoms with Crippen LogP contribution in [-0.2, 0) is 6.54 Å². The lowest BCUT2D eigenvalue weighted by Gasteiger charge is -2.09. The molecule has 0 heterocycles. The van der Waals surface area contributed by atoms with Gasteiger partial charge in [0.25, 0.3) is 5.91 Å². The number of nitrogens with zero attached hydrogens (tertiary/aromatic N) is 1. The lowest BCUT2D eigenvalue weighted by Crippen LogP contribution is -2.34. The average molecular weight is 248 g/mol. The number of nitrogens with one attached hydrogen (secondary N) is 3. The van der Waals surface area contributed by atoms with Crippen molar-refractivity contribution in [3.8, 4) is 0 Å². The van der Waals surface area contributed by atoms with Crippen LogP contribution in [0.15, 0.2) is 29.3 Å². The Balaban J connectivity index is 2.68. The first-order valence-corrected chi connectivity index (χ1v) is 5.96. The summed E-state index contributed by atoms with van der Waals surface area (Å²) in [6, 6.07) is 7.53. The van der Waals surface area contributed by atoms with Crippen LogP contribution in [0.4, 0.5) is 0 Å². The number of rotatable bonds is 4. The Morgan fingerprint density at radius 3 is 2.72 bits per heavy atom. The lowest BCUT2D eigenvalue weighted by atomic mass is 10.1. The zero-order valence-corrected chi connectivity index (χ0v) is 11.1. The highest BCUT2D eigenvalue weighted by atomic mass is 16.1. The van der Waals surface area contributed by atoms with E-state index in [-0.39, 0.29) is 5.91 Å². The minimum absolute atomic E-state index is 0.0441. The molecule has 18 heavy (non-hydrogen) atoms. The van der Waals surface area contributed by atoms with Crippen LogP contribution in [0.1, 0.15) is 22.8 Å². The molecule has 0 aromatic heterocycles. The predicted molar refractivity (Wildman–Crippen MR) is 73.7 cm³/mol. The van der Waals surface area contributed by atoms with Crippen molar-refractivity contribution in [2.75, 3.05) is 20.6 Å². The molecule has 5 heteroatoms. The maximum absolute atomic E-state index is 11.7. The summed E-state index contributed by atoms with van der Waals surface area (Å²) < 4.78 is 0. The number of hydrogen-bond donors (Lipinski definition) is 3. The normalized spacial score (nSPS) is 10.9. The van der Waals surface area contributed by atoms with E-state index in [2.05, 4.69) is 20.9 Å². The fraction of sp³-hybridized carbons (Fsp3) is 0.385. The number of carbonyl (C=O) groups excluding carboxylic acids is 1. The monoisotopic (exact) mass is 248 g/mol. The van der Waals surface area contributed by atoms with Gasteiger partial charge in [0.2, 0.25) is 0 Å². The molecule has 0 bridgehead atoms. The molecule has 0 spiro atoms. The van der Waals surface area contributed by atoms with Gasteiger partial charge in [0.05, 0.1) is 0 Å². The topological polar surface area (TPSA) is 65.5 Å². The van der Waals surface area contributed by atoms with Gasteiger partial charge in [-0.2, -0.15) is 0 Å². The van der Waals surface area contributed by atoms with Gasteiger partial charge >= 0.3 is 0 Å². The van der Waals surface area contributed by atoms with Gasteiger partial charge in [0, 0.05) is 32.7 Å². The van der Waals surface area contributed by atoms with Crippen LogP contribution in [0, 0.1) is 0 Å². The standard InChI is InChI=1S/C13H20N4O/c1-4-16-12(18)11-7-5-6-10(8-11)9-17-13(14-2)15-3/h5-8H,4,9H2,1-3H3,(H,16,18)(H2,14,15,17). The molecule has 0 radical (unpaired) electrons. The van der Waals surface area contributed by atoms with Crippen molar-refractivity contribution in [3.05, 3.63) is 35.4 Å². The molecular formula is C13H20N4O. The molecule has 1 rings (SSSR count). The summed E-state index contributed by atoms with van der Waals surface area (Å²) in [6.07, 6.45) is 0. The van der Waals surface area contributed by atoms with Crippen molar-refractivity contribution in [2.24, 2.45) is 4.99 Å². The Kier molecular flexibility index (Phi) is 5.70. The molecule has 5 nitrogen and oxygen atoms in total. The van der Waals surface area contributed by atoms with E-state index in [0.29, 0.717) is 18.7 Å². The molecule has 0 atom stereocenters. The van der Waals surface area contributed by atoms with Gasteiger partial charge in [-0.25, -0.2) is 0 Å². The fourth-order valence-corrected chi connectivity index (χ4v) is 1.55. The van der Waals surface area contributed by atoms with Gasteiger partial charge in [0.1, 0.15) is 0 Å². The van der Waals surface area contributed by atoms with Gasteiger partial charge < -0.3 is 16.0 Å². The second-order valence-corrected chi connectivity index (χ2v) is 3.74. The molecule has 98 valence electrons. The molecule has 0 aliphatic heterocycles. The second kappa shape index (κ2) is 7.32. The minimum Gasteiger partial charge on any atom is -0.359 e. The highest BCUT2D eigenvalue weighted by Gasteiger charge is 2.04. The number of carbonyl (C=O) groups is 1. The molecule has 0 unspecified atom stereocenters. The van der Waals surface area contributed by atoms with Crippen LogP contribution in [0.5, 0.6) is 0 Å². The van der Waals surface area contributed by atoms with E-state index in [1.165, 1.54) is 0 Å². The summed E-state index contributed by atoms with van der Waals surface area (Å²) in [5.41, 5.74) is 1.71. The third-order valence-electron chi connectivity index (χ3n) is 2.45. The molecule has 1 aromatic rings. The maximum atomic E-state index is 11.7. The van der Waals surface area contributed by atoms with Crippen LogP contribution in [0.2, 0.25) is 0 Å². The number of guanidine groups is 1. The van der Waals surface area contributed by atoms with Crippen molar-refractivity contribution in [1.82, 2.24) is 16.0 Å². The van der Waals surface area contributed by atoms with Gasteiger partial charge in [-0.05, 0) is 24.6 Å². The van der Waals surface area contributed by atoms with E-state index < -0.39 is 0 Å². The second-order valence-electron chi connectivity index (χ2n) is 3.74. The van der Waals surface area contributed by atoms with Crippen LogP contribution in [0.3, 0.4) is 0 Å². The smallest absolute Gasteiger partial charge is 0.251 e. The van der Waals surface area contributed by atoms with Crippen molar-refractivity contribution in [1.29, 1.82) is 0 Å². The number of aliphatic imine (C=N–C) groups is 1. The predicted octanol–water partition coefficient (Wildman–Crippen LogP) is 0.731. The summed E-state index contributed by atoms with van der Waals surface area (Å²) in [7, 11) is 3.52. The average Bonchev–Trinajstić information content (AvgIpc) is 2.40. The zero-order valence-electron chi connectivity index (χ0n) is 11.1. The first-order valence-electron chi connectivity index (χ1n) is 5.96. The van der Waals surface area contributed by atoms with E-state index in [9.17, 15) is 4.79 Å².